The van der Waals surface area contributed by atoms with Gasteiger partial charge in [0, 0.05) is 24.7 Å². The summed E-state index contributed by atoms with van der Waals surface area (Å²) in [7, 11) is -3.70. The van der Waals surface area contributed by atoms with E-state index in [1.54, 1.807) is 18.2 Å². The molecule has 0 saturated carbocycles. The van der Waals surface area contributed by atoms with Gasteiger partial charge in [-0.15, -0.1) is 4.40 Å². The number of nitrogens with one attached hydrogen (secondary N) is 1. The van der Waals surface area contributed by atoms with Gasteiger partial charge in [-0.25, -0.2) is 0 Å². The molecule has 0 spiro atoms. The fraction of sp³-hybridized carbons (Fsp3) is 0.526. The van der Waals surface area contributed by atoms with E-state index in [1.807, 2.05) is 18.7 Å². The van der Waals surface area contributed by atoms with Gasteiger partial charge in [-0.1, -0.05) is 19.1 Å². The van der Waals surface area contributed by atoms with Crippen LogP contribution >= 0.6 is 0 Å². The van der Waals surface area contributed by atoms with Gasteiger partial charge >= 0.3 is 5.97 Å². The number of fused-ring (bicyclic) bond motifs is 1. The smallest absolute Gasteiger partial charge is 0.311 e. The van der Waals surface area contributed by atoms with Crippen molar-refractivity contribution in [1.29, 1.82) is 0 Å². The molecule has 1 fully saturated rings. The minimum atomic E-state index is -3.70. The van der Waals surface area contributed by atoms with Crippen molar-refractivity contribution in [3.05, 3.63) is 29.8 Å². The highest BCUT2D eigenvalue weighted by Crippen LogP contribution is 2.29. The molecule has 2 heterocycles. The number of amidine groups is 1. The number of piperidine rings is 1. The number of sulfonamides is 1. The van der Waals surface area contributed by atoms with Gasteiger partial charge in [0.1, 0.15) is 4.90 Å². The number of hydrogen-bond acceptors (Lipinski definition) is 6. The molecular weight excluding hydrogens is 382 g/mol. The zero-order chi connectivity index (χ0) is 20.3. The summed E-state index contributed by atoms with van der Waals surface area (Å²) < 4.78 is 33.6. The van der Waals surface area contributed by atoms with Crippen LogP contribution in [0.1, 0.15) is 38.7 Å². The van der Waals surface area contributed by atoms with Gasteiger partial charge < -0.3 is 15.0 Å². The zero-order valence-corrected chi connectivity index (χ0v) is 16.9. The van der Waals surface area contributed by atoms with Gasteiger partial charge in [0.25, 0.3) is 15.9 Å². The van der Waals surface area contributed by atoms with Gasteiger partial charge in [0.05, 0.1) is 5.92 Å². The van der Waals surface area contributed by atoms with Crippen molar-refractivity contribution in [2.24, 2.45) is 10.3 Å². The number of likely N-dealkylation sites (tertiary alicyclic amines) is 1. The highest BCUT2D eigenvalue weighted by Gasteiger charge is 2.35. The summed E-state index contributed by atoms with van der Waals surface area (Å²) in [6.45, 7) is 4.46. The fourth-order valence-corrected chi connectivity index (χ4v) is 4.58. The van der Waals surface area contributed by atoms with Crippen molar-refractivity contribution in [1.82, 2.24) is 10.2 Å². The van der Waals surface area contributed by atoms with E-state index in [4.69, 9.17) is 4.74 Å². The molecule has 0 unspecified atom stereocenters. The second-order valence-electron chi connectivity index (χ2n) is 7.16. The molecule has 1 aromatic carbocycles. The molecule has 28 heavy (non-hydrogen) atoms. The van der Waals surface area contributed by atoms with Crippen molar-refractivity contribution in [2.75, 3.05) is 19.7 Å². The molecule has 1 aromatic rings. The maximum atomic E-state index is 12.4. The lowest BCUT2D eigenvalue weighted by molar-refractivity contribution is -0.153. The average Bonchev–Trinajstić information content (AvgIpc) is 2.97. The van der Waals surface area contributed by atoms with Gasteiger partial charge in [-0.05, 0) is 38.3 Å². The molecule has 8 nitrogen and oxygen atoms in total. The first-order chi connectivity index (χ1) is 13.3. The Bertz CT molecular complexity index is 897. The van der Waals surface area contributed by atoms with Crippen LogP contribution in [0.2, 0.25) is 0 Å². The minimum absolute atomic E-state index is 0.0266. The molecule has 2 aliphatic heterocycles. The lowest BCUT2D eigenvalue weighted by Gasteiger charge is -2.32. The molecule has 9 heteroatoms. The number of carbonyl (C=O) groups is 2. The number of hydrogen-bond donors (Lipinski definition) is 1. The molecule has 0 bridgehead atoms. The van der Waals surface area contributed by atoms with E-state index in [1.165, 1.54) is 6.07 Å². The summed E-state index contributed by atoms with van der Waals surface area (Å²) in [6, 6.07) is 6.71. The molecule has 2 atom stereocenters. The number of carbonyl (C=O) groups excluding carboxylic acids is 2. The third-order valence-electron chi connectivity index (χ3n) is 5.03. The number of benzene rings is 1. The third kappa shape index (κ3) is 4.35. The van der Waals surface area contributed by atoms with Crippen LogP contribution in [0.5, 0.6) is 0 Å². The topological polar surface area (TPSA) is 105 Å². The quantitative estimate of drug-likeness (QED) is 0.738. The summed E-state index contributed by atoms with van der Waals surface area (Å²) >= 11 is 0. The predicted molar refractivity (Wildman–Crippen MR) is 103 cm³/mol. The van der Waals surface area contributed by atoms with E-state index < -0.39 is 21.9 Å². The van der Waals surface area contributed by atoms with Crippen LogP contribution in [0.4, 0.5) is 0 Å². The maximum Gasteiger partial charge on any atom is 0.311 e. The molecule has 1 saturated heterocycles. The van der Waals surface area contributed by atoms with Crippen molar-refractivity contribution in [3.8, 4) is 0 Å². The molecule has 1 amide bonds. The van der Waals surface area contributed by atoms with Crippen LogP contribution in [0.15, 0.2) is 33.6 Å². The van der Waals surface area contributed by atoms with E-state index in [9.17, 15) is 18.0 Å². The van der Waals surface area contributed by atoms with Crippen molar-refractivity contribution in [3.63, 3.8) is 0 Å². The molecule has 1 N–H and O–H groups in total. The molecular formula is C19H25N3O5S. The first kappa shape index (κ1) is 20.3. The maximum absolute atomic E-state index is 12.4. The van der Waals surface area contributed by atoms with Crippen LogP contribution in [0.3, 0.4) is 0 Å². The minimum Gasteiger partial charge on any atom is -0.455 e. The summed E-state index contributed by atoms with van der Waals surface area (Å²) in [5.41, 5.74) is 0.560. The second kappa shape index (κ2) is 8.30. The monoisotopic (exact) mass is 407 g/mol. The normalized spacial score (nSPS) is 21.4. The predicted octanol–water partition coefficient (Wildman–Crippen LogP) is 1.31. The number of ether oxygens (including phenoxy) is 1. The Kier molecular flexibility index (Phi) is 6.02. The van der Waals surface area contributed by atoms with Crippen molar-refractivity contribution in [2.45, 2.75) is 44.0 Å². The van der Waals surface area contributed by atoms with Gasteiger partial charge in [-0.3, -0.25) is 9.59 Å². The summed E-state index contributed by atoms with van der Waals surface area (Å²) in [6.07, 6.45) is 2.13. The fourth-order valence-electron chi connectivity index (χ4n) is 3.35. The van der Waals surface area contributed by atoms with Crippen LogP contribution < -0.4 is 5.32 Å². The molecule has 0 aromatic heterocycles. The molecule has 2 aliphatic rings. The van der Waals surface area contributed by atoms with E-state index in [-0.39, 0.29) is 23.5 Å². The van der Waals surface area contributed by atoms with Crippen LogP contribution in [-0.4, -0.2) is 56.8 Å². The Morgan fingerprint density at radius 3 is 2.86 bits per heavy atom. The number of nitrogens with zero attached hydrogens (tertiary/aromatic N) is 2. The van der Waals surface area contributed by atoms with E-state index in [0.717, 1.165) is 6.42 Å². The largest absolute Gasteiger partial charge is 0.455 e. The van der Waals surface area contributed by atoms with E-state index in [2.05, 4.69) is 9.71 Å². The van der Waals surface area contributed by atoms with Gasteiger partial charge in [0.2, 0.25) is 0 Å². The Morgan fingerprint density at radius 2 is 2.11 bits per heavy atom. The number of amides is 1. The third-order valence-corrected chi connectivity index (χ3v) is 6.36. The van der Waals surface area contributed by atoms with Crippen molar-refractivity contribution >= 4 is 27.7 Å². The Balaban J connectivity index is 1.63. The Morgan fingerprint density at radius 1 is 1.36 bits per heavy atom. The Hall–Kier alpha value is -2.42. The highest BCUT2D eigenvalue weighted by molar-refractivity contribution is 7.90. The molecule has 152 valence electrons. The molecule has 0 aliphatic carbocycles. The molecule has 3 rings (SSSR count). The first-order valence-corrected chi connectivity index (χ1v) is 10.9. The number of rotatable bonds is 5. The SMILES string of the molecule is CC[C@@H](C)NC(=O)COC(=O)[C@H]1CCCN(C2=NS(=O)(=O)c3ccccc32)C1. The summed E-state index contributed by atoms with van der Waals surface area (Å²) in [4.78, 5) is 26.2. The van der Waals surface area contributed by atoms with Gasteiger partial charge in [-0.2, -0.15) is 8.42 Å². The standard InChI is InChI=1S/C19H25N3O5S/c1-3-13(2)20-17(23)12-27-19(24)14-7-6-10-22(11-14)18-15-8-4-5-9-16(15)28(25,26)21-18/h4-5,8-9,13-14H,3,6-7,10-12H2,1-2H3,(H,20,23)/t13-,14+/m1/s1. The van der Waals surface area contributed by atoms with E-state index >= 15 is 0 Å². The summed E-state index contributed by atoms with van der Waals surface area (Å²) in [5, 5.41) is 2.75. The van der Waals surface area contributed by atoms with Gasteiger partial charge in [0.15, 0.2) is 12.4 Å². The van der Waals surface area contributed by atoms with Crippen LogP contribution in [-0.2, 0) is 24.3 Å². The zero-order valence-electron chi connectivity index (χ0n) is 16.1. The average molecular weight is 407 g/mol. The van der Waals surface area contributed by atoms with Crippen LogP contribution in [0.25, 0.3) is 0 Å². The lowest BCUT2D eigenvalue weighted by Crippen LogP contribution is -2.43. The van der Waals surface area contributed by atoms with E-state index in [0.29, 0.717) is 37.3 Å². The van der Waals surface area contributed by atoms with Crippen molar-refractivity contribution < 1.29 is 22.7 Å². The molecule has 0 radical (unpaired) electrons. The second-order valence-corrected chi connectivity index (χ2v) is 8.73. The lowest BCUT2D eigenvalue weighted by atomic mass is 9.97. The summed E-state index contributed by atoms with van der Waals surface area (Å²) in [5.74, 6) is -0.819. The highest BCUT2D eigenvalue weighted by atomic mass is 32.2. The Labute approximate surface area is 165 Å². The number of esters is 1. The first-order valence-electron chi connectivity index (χ1n) is 9.47. The van der Waals surface area contributed by atoms with Crippen LogP contribution in [0, 0.1) is 5.92 Å².